The lowest BCUT2D eigenvalue weighted by molar-refractivity contribution is 0.477. The van der Waals surface area contributed by atoms with Crippen molar-refractivity contribution in [3.05, 3.63) is 36.8 Å². The van der Waals surface area contributed by atoms with E-state index in [1.165, 1.54) is 21.4 Å². The van der Waals surface area contributed by atoms with Gasteiger partial charge in [0.15, 0.2) is 5.82 Å². The summed E-state index contributed by atoms with van der Waals surface area (Å²) < 4.78 is 27.6. The average Bonchev–Trinajstić information content (AvgIpc) is 3.12. The highest BCUT2D eigenvalue weighted by Crippen LogP contribution is 2.20. The third-order valence-electron chi connectivity index (χ3n) is 3.15. The van der Waals surface area contributed by atoms with Crippen LogP contribution in [0.4, 0.5) is 0 Å². The number of hydrogen-bond acceptors (Lipinski definition) is 4. The van der Waals surface area contributed by atoms with Crippen LogP contribution in [-0.2, 0) is 10.0 Å². The molecule has 100 valence electrons. The Morgan fingerprint density at radius 3 is 2.63 bits per heavy atom. The van der Waals surface area contributed by atoms with Crippen molar-refractivity contribution in [2.45, 2.75) is 17.7 Å². The first-order valence-corrected chi connectivity index (χ1v) is 7.58. The van der Waals surface area contributed by atoms with Gasteiger partial charge in [-0.15, -0.1) is 0 Å². The first-order chi connectivity index (χ1) is 9.18. The molecule has 3 rings (SSSR count). The van der Waals surface area contributed by atoms with E-state index in [4.69, 9.17) is 0 Å². The zero-order valence-corrected chi connectivity index (χ0v) is 11.1. The fourth-order valence-corrected chi connectivity index (χ4v) is 3.58. The number of sulfonamides is 1. The van der Waals surface area contributed by atoms with Gasteiger partial charge in [-0.2, -0.15) is 9.40 Å². The van der Waals surface area contributed by atoms with Gasteiger partial charge >= 0.3 is 0 Å². The molecule has 0 unspecified atom stereocenters. The van der Waals surface area contributed by atoms with E-state index in [-0.39, 0.29) is 4.90 Å². The Morgan fingerprint density at radius 2 is 1.95 bits per heavy atom. The number of hydrogen-bond donors (Lipinski definition) is 0. The monoisotopic (exact) mass is 278 g/mol. The predicted molar refractivity (Wildman–Crippen MR) is 69.4 cm³/mol. The lowest BCUT2D eigenvalue weighted by Crippen LogP contribution is -2.27. The first kappa shape index (κ1) is 12.3. The molecule has 0 saturated carbocycles. The molecule has 0 bridgehead atoms. The maximum atomic E-state index is 12.3. The maximum Gasteiger partial charge on any atom is 0.246 e. The third-order valence-corrected chi connectivity index (χ3v) is 5.00. The molecule has 1 aliphatic heterocycles. The fraction of sp³-hybridized carbons (Fsp3) is 0.333. The first-order valence-electron chi connectivity index (χ1n) is 6.14. The summed E-state index contributed by atoms with van der Waals surface area (Å²) in [6.07, 6.45) is 6.38. The molecular weight excluding hydrogens is 264 g/mol. The van der Waals surface area contributed by atoms with Crippen LogP contribution in [-0.4, -0.2) is 40.6 Å². The molecule has 7 heteroatoms. The maximum absolute atomic E-state index is 12.3. The molecule has 19 heavy (non-hydrogen) atoms. The number of aromatic nitrogens is 3. The third kappa shape index (κ3) is 2.26. The van der Waals surface area contributed by atoms with Gasteiger partial charge in [-0.05, 0) is 25.0 Å². The van der Waals surface area contributed by atoms with Crippen LogP contribution in [0.5, 0.6) is 0 Å². The van der Waals surface area contributed by atoms with Gasteiger partial charge in [0.05, 0.1) is 12.4 Å². The summed E-state index contributed by atoms with van der Waals surface area (Å²) in [4.78, 5) is 4.36. The molecule has 0 amide bonds. The van der Waals surface area contributed by atoms with Crippen LogP contribution in [0.1, 0.15) is 12.8 Å². The second-order valence-electron chi connectivity index (χ2n) is 4.42. The quantitative estimate of drug-likeness (QED) is 0.841. The second kappa shape index (κ2) is 4.75. The van der Waals surface area contributed by atoms with Gasteiger partial charge in [-0.3, -0.25) is 0 Å². The molecule has 1 aliphatic rings. The SMILES string of the molecule is O=S(=O)(c1cnn(-c2ccccn2)c1)N1CCCC1. The van der Waals surface area contributed by atoms with Crippen molar-refractivity contribution in [2.75, 3.05) is 13.1 Å². The highest BCUT2D eigenvalue weighted by molar-refractivity contribution is 7.89. The second-order valence-corrected chi connectivity index (χ2v) is 6.36. The molecule has 0 atom stereocenters. The van der Waals surface area contributed by atoms with E-state index in [1.807, 2.05) is 6.07 Å². The van der Waals surface area contributed by atoms with Crippen LogP contribution < -0.4 is 0 Å². The largest absolute Gasteiger partial charge is 0.246 e. The van der Waals surface area contributed by atoms with E-state index in [1.54, 1.807) is 18.3 Å². The highest BCUT2D eigenvalue weighted by Gasteiger charge is 2.28. The van der Waals surface area contributed by atoms with Crippen LogP contribution in [0.2, 0.25) is 0 Å². The van der Waals surface area contributed by atoms with Crippen molar-refractivity contribution in [3.63, 3.8) is 0 Å². The standard InChI is InChI=1S/C12H14N4O2S/c17-19(18,15-7-3-4-8-15)11-9-14-16(10-11)12-5-1-2-6-13-12/h1-2,5-6,9-10H,3-4,7-8H2. The predicted octanol–water partition coefficient (Wildman–Crippen LogP) is 1.05. The molecular formula is C12H14N4O2S. The molecule has 0 aromatic carbocycles. The Bertz CT molecular complexity index is 660. The molecule has 3 heterocycles. The topological polar surface area (TPSA) is 68.1 Å². The Kier molecular flexibility index (Phi) is 3.08. The number of nitrogens with zero attached hydrogens (tertiary/aromatic N) is 4. The normalized spacial score (nSPS) is 16.8. The Morgan fingerprint density at radius 1 is 1.16 bits per heavy atom. The Hall–Kier alpha value is -1.73. The summed E-state index contributed by atoms with van der Waals surface area (Å²) >= 11 is 0. The Balaban J connectivity index is 1.93. The van der Waals surface area contributed by atoms with Crippen molar-refractivity contribution in [1.82, 2.24) is 19.1 Å². The van der Waals surface area contributed by atoms with Crippen molar-refractivity contribution in [2.24, 2.45) is 0 Å². The van der Waals surface area contributed by atoms with E-state index in [2.05, 4.69) is 10.1 Å². The van der Waals surface area contributed by atoms with E-state index >= 15 is 0 Å². The zero-order valence-electron chi connectivity index (χ0n) is 10.3. The molecule has 2 aromatic rings. The summed E-state index contributed by atoms with van der Waals surface area (Å²) in [7, 11) is -3.40. The van der Waals surface area contributed by atoms with Gasteiger partial charge in [0.2, 0.25) is 10.0 Å². The van der Waals surface area contributed by atoms with Crippen molar-refractivity contribution in [1.29, 1.82) is 0 Å². The molecule has 0 spiro atoms. The van der Waals surface area contributed by atoms with E-state index in [9.17, 15) is 8.42 Å². The lowest BCUT2D eigenvalue weighted by Gasteiger charge is -2.13. The van der Waals surface area contributed by atoms with Crippen LogP contribution >= 0.6 is 0 Å². The van der Waals surface area contributed by atoms with Crippen LogP contribution in [0.3, 0.4) is 0 Å². The summed E-state index contributed by atoms with van der Waals surface area (Å²) in [6, 6.07) is 5.41. The van der Waals surface area contributed by atoms with Gasteiger partial charge in [-0.1, -0.05) is 6.07 Å². The fourth-order valence-electron chi connectivity index (χ4n) is 2.13. The van der Waals surface area contributed by atoms with Crippen LogP contribution in [0, 0.1) is 0 Å². The minimum atomic E-state index is -3.40. The summed E-state index contributed by atoms with van der Waals surface area (Å²) in [5.41, 5.74) is 0. The number of pyridine rings is 1. The minimum absolute atomic E-state index is 0.222. The molecule has 1 fully saturated rings. The van der Waals surface area contributed by atoms with Crippen molar-refractivity contribution >= 4 is 10.0 Å². The summed E-state index contributed by atoms with van der Waals surface area (Å²) in [6.45, 7) is 1.19. The lowest BCUT2D eigenvalue weighted by atomic mass is 10.4. The highest BCUT2D eigenvalue weighted by atomic mass is 32.2. The molecule has 2 aromatic heterocycles. The molecule has 0 radical (unpaired) electrons. The van der Waals surface area contributed by atoms with Crippen molar-refractivity contribution < 1.29 is 8.42 Å². The van der Waals surface area contributed by atoms with Crippen molar-refractivity contribution in [3.8, 4) is 5.82 Å². The molecule has 6 nitrogen and oxygen atoms in total. The van der Waals surface area contributed by atoms with E-state index in [0.717, 1.165) is 12.8 Å². The van der Waals surface area contributed by atoms with Crippen LogP contribution in [0.25, 0.3) is 5.82 Å². The number of rotatable bonds is 3. The van der Waals surface area contributed by atoms with Crippen LogP contribution in [0.15, 0.2) is 41.7 Å². The van der Waals surface area contributed by atoms with Gasteiger partial charge < -0.3 is 0 Å². The Labute approximate surface area is 111 Å². The van der Waals surface area contributed by atoms with Gasteiger partial charge in [-0.25, -0.2) is 18.1 Å². The van der Waals surface area contributed by atoms with Gasteiger partial charge in [0.25, 0.3) is 0 Å². The smallest absolute Gasteiger partial charge is 0.237 e. The van der Waals surface area contributed by atoms with Gasteiger partial charge in [0.1, 0.15) is 4.90 Å². The minimum Gasteiger partial charge on any atom is -0.237 e. The molecule has 0 N–H and O–H groups in total. The summed E-state index contributed by atoms with van der Waals surface area (Å²) in [5.74, 6) is 0.602. The zero-order chi connectivity index (χ0) is 13.3. The summed E-state index contributed by atoms with van der Waals surface area (Å²) in [5, 5.41) is 4.07. The average molecular weight is 278 g/mol. The van der Waals surface area contributed by atoms with E-state index in [0.29, 0.717) is 18.9 Å². The molecule has 0 aliphatic carbocycles. The van der Waals surface area contributed by atoms with Gasteiger partial charge in [0, 0.05) is 19.3 Å². The molecule has 1 saturated heterocycles. The van der Waals surface area contributed by atoms with E-state index < -0.39 is 10.0 Å².